The lowest BCUT2D eigenvalue weighted by molar-refractivity contribution is -0.126. The smallest absolute Gasteiger partial charge is 0.318 e. The van der Waals surface area contributed by atoms with E-state index >= 15 is 0 Å². The summed E-state index contributed by atoms with van der Waals surface area (Å²) < 4.78 is 5.39. The third kappa shape index (κ3) is 4.41. The molecule has 0 saturated heterocycles. The van der Waals surface area contributed by atoms with Gasteiger partial charge < -0.3 is 10.5 Å². The second-order valence-electron chi connectivity index (χ2n) is 4.83. The second kappa shape index (κ2) is 7.22. The number of primary amides is 1. The Morgan fingerprint density at radius 1 is 0.957 bits per heavy atom. The number of urea groups is 1. The zero-order chi connectivity index (χ0) is 16.8. The number of nitrogens with two attached hydrogens (primary N) is 1. The van der Waals surface area contributed by atoms with Gasteiger partial charge in [0.15, 0.2) is 11.9 Å². The molecule has 0 heterocycles. The number of rotatable bonds is 5. The molecule has 0 radical (unpaired) electrons. The van der Waals surface area contributed by atoms with Crippen molar-refractivity contribution in [2.45, 2.75) is 13.0 Å². The number of amides is 3. The minimum absolute atomic E-state index is 0.100. The Balaban J connectivity index is 2.04. The van der Waals surface area contributed by atoms with Crippen LogP contribution in [0.25, 0.3) is 0 Å². The van der Waals surface area contributed by atoms with Crippen molar-refractivity contribution < 1.29 is 19.1 Å². The van der Waals surface area contributed by atoms with Gasteiger partial charge in [-0.25, -0.2) is 4.79 Å². The highest BCUT2D eigenvalue weighted by Gasteiger charge is 2.16. The van der Waals surface area contributed by atoms with E-state index in [1.165, 1.54) is 6.92 Å². The minimum atomic E-state index is -0.936. The van der Waals surface area contributed by atoms with Crippen molar-refractivity contribution in [2.75, 3.05) is 0 Å². The van der Waals surface area contributed by atoms with Crippen LogP contribution in [0.4, 0.5) is 4.79 Å². The predicted molar refractivity (Wildman–Crippen MR) is 84.1 cm³/mol. The molecular weight excluding hydrogens is 296 g/mol. The quantitative estimate of drug-likeness (QED) is 0.823. The Morgan fingerprint density at radius 2 is 1.52 bits per heavy atom. The van der Waals surface area contributed by atoms with Gasteiger partial charge in [0.05, 0.1) is 0 Å². The van der Waals surface area contributed by atoms with Crippen LogP contribution in [-0.4, -0.2) is 23.8 Å². The Hall–Kier alpha value is -3.15. The lowest BCUT2D eigenvalue weighted by Crippen LogP contribution is -2.42. The van der Waals surface area contributed by atoms with Crippen LogP contribution in [0.5, 0.6) is 5.75 Å². The van der Waals surface area contributed by atoms with Gasteiger partial charge in [0, 0.05) is 11.1 Å². The van der Waals surface area contributed by atoms with Crippen molar-refractivity contribution in [3.8, 4) is 5.75 Å². The van der Waals surface area contributed by atoms with E-state index in [0.29, 0.717) is 16.9 Å². The van der Waals surface area contributed by atoms with Crippen molar-refractivity contribution >= 4 is 17.7 Å². The van der Waals surface area contributed by atoms with E-state index in [0.717, 1.165) is 0 Å². The molecule has 23 heavy (non-hydrogen) atoms. The summed E-state index contributed by atoms with van der Waals surface area (Å²) in [5.74, 6) is -0.333. The number of benzene rings is 2. The molecule has 0 fully saturated rings. The Morgan fingerprint density at radius 3 is 2.09 bits per heavy atom. The Labute approximate surface area is 133 Å². The Bertz CT molecular complexity index is 711. The minimum Gasteiger partial charge on any atom is -0.481 e. The normalized spacial score (nSPS) is 11.3. The van der Waals surface area contributed by atoms with E-state index in [1.54, 1.807) is 48.5 Å². The molecule has 0 bridgehead atoms. The molecule has 6 nitrogen and oxygen atoms in total. The van der Waals surface area contributed by atoms with Gasteiger partial charge in [-0.05, 0) is 31.2 Å². The molecule has 0 saturated carbocycles. The number of nitrogens with one attached hydrogen (secondary N) is 1. The van der Waals surface area contributed by atoms with E-state index < -0.39 is 18.0 Å². The molecule has 3 amide bonds. The fraction of sp³-hybridized carbons (Fsp3) is 0.118. The molecule has 0 aliphatic rings. The van der Waals surface area contributed by atoms with Crippen LogP contribution in [-0.2, 0) is 4.79 Å². The molecule has 118 valence electrons. The number of ketones is 1. The molecule has 0 aromatic heterocycles. The maximum Gasteiger partial charge on any atom is 0.318 e. The van der Waals surface area contributed by atoms with E-state index in [-0.39, 0.29) is 5.78 Å². The van der Waals surface area contributed by atoms with Gasteiger partial charge in [0.2, 0.25) is 0 Å². The van der Waals surface area contributed by atoms with Crippen molar-refractivity contribution in [3.63, 3.8) is 0 Å². The van der Waals surface area contributed by atoms with Crippen LogP contribution in [0.15, 0.2) is 54.6 Å². The molecule has 0 unspecified atom stereocenters. The standard InChI is InChI=1S/C17H16N2O4/c1-11(16(21)19-17(18)22)23-14-9-7-13(8-10-14)15(20)12-5-3-2-4-6-12/h2-11H,1H3,(H3,18,19,21,22)/t11-/m1/s1. The lowest BCUT2D eigenvalue weighted by atomic mass is 10.0. The summed E-state index contributed by atoms with van der Waals surface area (Å²) in [7, 11) is 0. The first-order chi connectivity index (χ1) is 11.0. The van der Waals surface area contributed by atoms with Gasteiger partial charge in [-0.3, -0.25) is 14.9 Å². The second-order valence-corrected chi connectivity index (χ2v) is 4.83. The van der Waals surface area contributed by atoms with Gasteiger partial charge in [-0.15, -0.1) is 0 Å². The van der Waals surface area contributed by atoms with Gasteiger partial charge in [-0.2, -0.15) is 0 Å². The van der Waals surface area contributed by atoms with Crippen LogP contribution in [0, 0.1) is 0 Å². The number of hydrogen-bond acceptors (Lipinski definition) is 4. The van der Waals surface area contributed by atoms with E-state index in [2.05, 4.69) is 0 Å². The summed E-state index contributed by atoms with van der Waals surface area (Å²) in [6.45, 7) is 1.49. The summed E-state index contributed by atoms with van der Waals surface area (Å²) in [6.07, 6.45) is -0.891. The van der Waals surface area contributed by atoms with Crippen LogP contribution < -0.4 is 15.8 Å². The highest BCUT2D eigenvalue weighted by Crippen LogP contribution is 2.16. The van der Waals surface area contributed by atoms with Crippen LogP contribution in [0.3, 0.4) is 0 Å². The molecule has 2 aromatic rings. The lowest BCUT2D eigenvalue weighted by Gasteiger charge is -2.13. The highest BCUT2D eigenvalue weighted by atomic mass is 16.5. The topological polar surface area (TPSA) is 98.5 Å². The van der Waals surface area contributed by atoms with Crippen molar-refractivity contribution in [1.29, 1.82) is 0 Å². The first kappa shape index (κ1) is 16.2. The molecule has 6 heteroatoms. The molecule has 0 aliphatic heterocycles. The number of imide groups is 1. The summed E-state index contributed by atoms with van der Waals surface area (Å²) in [5.41, 5.74) is 5.97. The van der Waals surface area contributed by atoms with E-state index in [9.17, 15) is 14.4 Å². The molecule has 0 aliphatic carbocycles. The van der Waals surface area contributed by atoms with Crippen molar-refractivity contribution in [2.24, 2.45) is 5.73 Å². The SMILES string of the molecule is C[C@@H](Oc1ccc(C(=O)c2ccccc2)cc1)C(=O)NC(N)=O. The van der Waals surface area contributed by atoms with Gasteiger partial charge in [0.1, 0.15) is 5.75 Å². The Kier molecular flexibility index (Phi) is 5.09. The molecule has 1 atom stereocenters. The zero-order valence-electron chi connectivity index (χ0n) is 12.5. The van der Waals surface area contributed by atoms with Crippen molar-refractivity contribution in [1.82, 2.24) is 5.32 Å². The maximum atomic E-state index is 12.3. The summed E-state index contributed by atoms with van der Waals surface area (Å²) in [4.78, 5) is 34.4. The van der Waals surface area contributed by atoms with Gasteiger partial charge in [0.25, 0.3) is 5.91 Å². The average Bonchev–Trinajstić information content (AvgIpc) is 2.55. The third-order valence-electron chi connectivity index (χ3n) is 3.08. The number of hydrogen-bond donors (Lipinski definition) is 2. The first-order valence-corrected chi connectivity index (χ1v) is 6.94. The molecule has 2 aromatic carbocycles. The fourth-order valence-corrected chi connectivity index (χ4v) is 1.92. The summed E-state index contributed by atoms with van der Waals surface area (Å²) in [6, 6.07) is 14.4. The number of carbonyl (C=O) groups excluding carboxylic acids is 3. The zero-order valence-corrected chi connectivity index (χ0v) is 12.5. The maximum absolute atomic E-state index is 12.3. The third-order valence-corrected chi connectivity index (χ3v) is 3.08. The largest absolute Gasteiger partial charge is 0.481 e. The highest BCUT2D eigenvalue weighted by molar-refractivity contribution is 6.09. The van der Waals surface area contributed by atoms with Gasteiger partial charge in [-0.1, -0.05) is 30.3 Å². The van der Waals surface area contributed by atoms with Crippen molar-refractivity contribution in [3.05, 3.63) is 65.7 Å². The summed E-state index contributed by atoms with van der Waals surface area (Å²) >= 11 is 0. The van der Waals surface area contributed by atoms with Gasteiger partial charge >= 0.3 is 6.03 Å². The average molecular weight is 312 g/mol. The monoisotopic (exact) mass is 312 g/mol. The molecular formula is C17H16N2O4. The molecule has 2 rings (SSSR count). The van der Waals surface area contributed by atoms with Crippen LogP contribution >= 0.6 is 0 Å². The van der Waals surface area contributed by atoms with Crippen LogP contribution in [0.1, 0.15) is 22.8 Å². The fourth-order valence-electron chi connectivity index (χ4n) is 1.92. The molecule has 3 N–H and O–H groups in total. The van der Waals surface area contributed by atoms with E-state index in [4.69, 9.17) is 10.5 Å². The predicted octanol–water partition coefficient (Wildman–Crippen LogP) is 1.88. The molecule has 0 spiro atoms. The number of ether oxygens (including phenoxy) is 1. The van der Waals surface area contributed by atoms with E-state index in [1.807, 2.05) is 11.4 Å². The first-order valence-electron chi connectivity index (χ1n) is 6.94. The summed E-state index contributed by atoms with van der Waals surface area (Å²) in [5, 5.41) is 1.93. The van der Waals surface area contributed by atoms with Crippen LogP contribution in [0.2, 0.25) is 0 Å². The number of carbonyl (C=O) groups is 3.